The van der Waals surface area contributed by atoms with Gasteiger partial charge in [0, 0.05) is 44.0 Å². The van der Waals surface area contributed by atoms with E-state index in [1.165, 1.54) is 24.2 Å². The van der Waals surface area contributed by atoms with Crippen molar-refractivity contribution in [2.45, 2.75) is 38.6 Å². The largest absolute Gasteiger partial charge is 0.375 e. The summed E-state index contributed by atoms with van der Waals surface area (Å²) in [7, 11) is 2.12. The second-order valence-corrected chi connectivity index (χ2v) is 5.54. The Kier molecular flexibility index (Phi) is 5.48. The fourth-order valence-corrected chi connectivity index (χ4v) is 2.72. The topological polar surface area (TPSA) is 18.5 Å². The maximum Gasteiger partial charge on any atom is 0.0328 e. The van der Waals surface area contributed by atoms with E-state index in [2.05, 4.69) is 66.3 Å². The fourth-order valence-electron chi connectivity index (χ4n) is 2.72. The van der Waals surface area contributed by atoms with Gasteiger partial charge in [-0.1, -0.05) is 37.8 Å². The van der Waals surface area contributed by atoms with Crippen molar-refractivity contribution < 1.29 is 0 Å². The summed E-state index contributed by atoms with van der Waals surface area (Å²) < 4.78 is 0. The van der Waals surface area contributed by atoms with Crippen LogP contribution in [-0.4, -0.2) is 36.1 Å². The van der Waals surface area contributed by atoms with Gasteiger partial charge in [-0.05, 0) is 25.3 Å². The lowest BCUT2D eigenvalue weighted by Crippen LogP contribution is -2.47. The number of hydrogen-bond donors (Lipinski definition) is 1. The van der Waals surface area contributed by atoms with E-state index >= 15 is 0 Å². The number of likely N-dealkylation sites (tertiary alicyclic amines) is 1. The SMILES string of the molecule is C=C(CC)N1CCC(NN(C)C2=CC=CC=CC2)CC1. The van der Waals surface area contributed by atoms with Gasteiger partial charge >= 0.3 is 0 Å². The highest BCUT2D eigenvalue weighted by Gasteiger charge is 2.20. The molecule has 0 bridgehead atoms. The molecule has 20 heavy (non-hydrogen) atoms. The molecule has 3 nitrogen and oxygen atoms in total. The Morgan fingerprint density at radius 3 is 2.80 bits per heavy atom. The number of nitrogens with zero attached hydrogens (tertiary/aromatic N) is 2. The van der Waals surface area contributed by atoms with Crippen LogP contribution >= 0.6 is 0 Å². The Bertz CT molecular complexity index is 412. The minimum Gasteiger partial charge on any atom is -0.375 e. The van der Waals surface area contributed by atoms with Crippen LogP contribution in [0, 0.1) is 0 Å². The molecule has 0 saturated carbocycles. The van der Waals surface area contributed by atoms with E-state index in [0.29, 0.717) is 6.04 Å². The van der Waals surface area contributed by atoms with Crippen molar-refractivity contribution in [3.63, 3.8) is 0 Å². The predicted molar refractivity (Wildman–Crippen MR) is 85.9 cm³/mol. The zero-order chi connectivity index (χ0) is 14.4. The van der Waals surface area contributed by atoms with E-state index in [1.807, 2.05) is 0 Å². The van der Waals surface area contributed by atoms with E-state index in [4.69, 9.17) is 0 Å². The number of piperidine rings is 1. The first-order valence-electron chi connectivity index (χ1n) is 7.65. The number of hydrazine groups is 1. The van der Waals surface area contributed by atoms with Crippen molar-refractivity contribution >= 4 is 0 Å². The van der Waals surface area contributed by atoms with Crippen LogP contribution < -0.4 is 5.43 Å². The van der Waals surface area contributed by atoms with Crippen LogP contribution in [-0.2, 0) is 0 Å². The highest BCUT2D eigenvalue weighted by Crippen LogP contribution is 2.17. The maximum atomic E-state index is 4.14. The first kappa shape index (κ1) is 14.9. The summed E-state index contributed by atoms with van der Waals surface area (Å²) in [6.45, 7) is 8.56. The van der Waals surface area contributed by atoms with Gasteiger partial charge in [-0.2, -0.15) is 0 Å². The third-order valence-corrected chi connectivity index (χ3v) is 4.13. The highest BCUT2D eigenvalue weighted by atomic mass is 15.5. The van der Waals surface area contributed by atoms with Gasteiger partial charge in [0.15, 0.2) is 0 Å². The van der Waals surface area contributed by atoms with Crippen molar-refractivity contribution in [2.75, 3.05) is 20.1 Å². The van der Waals surface area contributed by atoms with Crippen molar-refractivity contribution in [1.82, 2.24) is 15.3 Å². The molecule has 0 radical (unpaired) electrons. The lowest BCUT2D eigenvalue weighted by atomic mass is 10.0. The lowest BCUT2D eigenvalue weighted by molar-refractivity contribution is 0.170. The summed E-state index contributed by atoms with van der Waals surface area (Å²) in [4.78, 5) is 2.43. The third-order valence-electron chi connectivity index (χ3n) is 4.13. The molecule has 110 valence electrons. The van der Waals surface area contributed by atoms with Crippen LogP contribution in [0.15, 0.2) is 48.4 Å². The van der Waals surface area contributed by atoms with Gasteiger partial charge in [0.25, 0.3) is 0 Å². The van der Waals surface area contributed by atoms with Crippen molar-refractivity contribution in [3.05, 3.63) is 48.4 Å². The molecule has 0 spiro atoms. The summed E-state index contributed by atoms with van der Waals surface area (Å²) in [5.41, 5.74) is 6.23. The first-order chi connectivity index (χ1) is 9.70. The monoisotopic (exact) mass is 273 g/mol. The summed E-state index contributed by atoms with van der Waals surface area (Å²) in [6, 6.07) is 0.568. The molecule has 0 atom stereocenters. The van der Waals surface area contributed by atoms with E-state index in [0.717, 1.165) is 25.9 Å². The second-order valence-electron chi connectivity index (χ2n) is 5.54. The molecular weight excluding hydrogens is 246 g/mol. The van der Waals surface area contributed by atoms with Gasteiger partial charge in [0.2, 0.25) is 0 Å². The Morgan fingerprint density at radius 1 is 1.35 bits per heavy atom. The van der Waals surface area contributed by atoms with Gasteiger partial charge in [-0.15, -0.1) is 0 Å². The number of allylic oxidation sites excluding steroid dienone is 6. The van der Waals surface area contributed by atoms with E-state index in [9.17, 15) is 0 Å². The predicted octanol–water partition coefficient (Wildman–Crippen LogP) is 3.21. The van der Waals surface area contributed by atoms with Crippen molar-refractivity contribution in [2.24, 2.45) is 0 Å². The van der Waals surface area contributed by atoms with Crippen molar-refractivity contribution in [3.8, 4) is 0 Å². The lowest BCUT2D eigenvalue weighted by Gasteiger charge is -2.37. The summed E-state index contributed by atoms with van der Waals surface area (Å²) in [5.74, 6) is 0. The van der Waals surface area contributed by atoms with Crippen LogP contribution in [0.25, 0.3) is 0 Å². The smallest absolute Gasteiger partial charge is 0.0328 e. The molecule has 1 aliphatic carbocycles. The Labute approximate surface area is 123 Å². The summed E-state index contributed by atoms with van der Waals surface area (Å²) in [6.07, 6.45) is 15.1. The van der Waals surface area contributed by atoms with Crippen LogP contribution in [0.5, 0.6) is 0 Å². The Balaban J connectivity index is 1.80. The van der Waals surface area contributed by atoms with Crippen LogP contribution in [0.4, 0.5) is 0 Å². The van der Waals surface area contributed by atoms with Crippen LogP contribution in [0.2, 0.25) is 0 Å². The van der Waals surface area contributed by atoms with Gasteiger partial charge < -0.3 is 9.91 Å². The van der Waals surface area contributed by atoms with E-state index in [-0.39, 0.29) is 0 Å². The van der Waals surface area contributed by atoms with Gasteiger partial charge in [0.05, 0.1) is 0 Å². The standard InChI is InChI=1S/C17H27N3/c1-4-15(2)20-13-11-16(12-14-20)18-19(3)17-9-7-5-6-8-10-17/h5-9,16,18H,2,4,10-14H2,1,3H3. The Morgan fingerprint density at radius 2 is 2.10 bits per heavy atom. The summed E-state index contributed by atoms with van der Waals surface area (Å²) in [5, 5.41) is 2.19. The molecule has 1 heterocycles. The molecule has 2 aliphatic rings. The first-order valence-corrected chi connectivity index (χ1v) is 7.65. The maximum absolute atomic E-state index is 4.14. The average Bonchev–Trinajstić information content (AvgIpc) is 2.76. The minimum absolute atomic E-state index is 0.568. The minimum atomic E-state index is 0.568. The zero-order valence-electron chi connectivity index (χ0n) is 12.8. The quantitative estimate of drug-likeness (QED) is 0.776. The van der Waals surface area contributed by atoms with Gasteiger partial charge in [-0.3, -0.25) is 0 Å². The molecule has 0 aromatic heterocycles. The number of nitrogens with one attached hydrogen (secondary N) is 1. The molecule has 0 aromatic rings. The zero-order valence-corrected chi connectivity index (χ0v) is 12.8. The summed E-state index contributed by atoms with van der Waals surface area (Å²) >= 11 is 0. The average molecular weight is 273 g/mol. The number of hydrogen-bond acceptors (Lipinski definition) is 3. The molecule has 0 unspecified atom stereocenters. The Hall–Kier alpha value is -1.48. The number of rotatable bonds is 5. The van der Waals surface area contributed by atoms with Crippen molar-refractivity contribution in [1.29, 1.82) is 0 Å². The molecule has 1 aliphatic heterocycles. The molecule has 3 heteroatoms. The third kappa shape index (κ3) is 4.01. The molecule has 1 saturated heterocycles. The molecule has 0 aromatic carbocycles. The van der Waals surface area contributed by atoms with Crippen LogP contribution in [0.3, 0.4) is 0 Å². The van der Waals surface area contributed by atoms with Gasteiger partial charge in [-0.25, -0.2) is 5.43 Å². The molecule has 1 N–H and O–H groups in total. The second kappa shape index (κ2) is 7.34. The molecule has 1 fully saturated rings. The molecular formula is C17H27N3. The van der Waals surface area contributed by atoms with E-state index < -0.39 is 0 Å². The highest BCUT2D eigenvalue weighted by molar-refractivity contribution is 5.22. The normalized spacial score (nSPS) is 19.7. The van der Waals surface area contributed by atoms with Gasteiger partial charge in [0.1, 0.15) is 0 Å². The molecule has 2 rings (SSSR count). The molecule has 0 amide bonds. The fraction of sp³-hybridized carbons (Fsp3) is 0.529. The van der Waals surface area contributed by atoms with Crippen LogP contribution in [0.1, 0.15) is 32.6 Å². The van der Waals surface area contributed by atoms with E-state index in [1.54, 1.807) is 0 Å².